The number of rotatable bonds is 4. The molecule has 0 fully saturated rings. The van der Waals surface area contributed by atoms with Gasteiger partial charge in [-0.05, 0) is 43.0 Å². The van der Waals surface area contributed by atoms with E-state index >= 15 is 0 Å². The van der Waals surface area contributed by atoms with Gasteiger partial charge in [0.05, 0.1) is 0 Å². The summed E-state index contributed by atoms with van der Waals surface area (Å²) < 4.78 is 13.5. The van der Waals surface area contributed by atoms with Crippen LogP contribution < -0.4 is 5.32 Å². The number of halogens is 1. The molecule has 0 heterocycles. The number of nitrogens with one attached hydrogen (secondary N) is 1. The third kappa shape index (κ3) is 3.65. The fraction of sp³-hybridized carbons (Fsp3) is 0.294. The van der Waals surface area contributed by atoms with Crippen LogP contribution in [0.3, 0.4) is 0 Å². The minimum atomic E-state index is -0.0951. The van der Waals surface area contributed by atoms with E-state index in [-0.39, 0.29) is 5.82 Å². The molecule has 0 saturated carbocycles. The number of aryl methyl sites for hydroxylation is 3. The first-order valence-corrected chi connectivity index (χ1v) is 6.58. The minimum Gasteiger partial charge on any atom is -0.309 e. The Morgan fingerprint density at radius 1 is 0.842 bits per heavy atom. The van der Waals surface area contributed by atoms with E-state index in [0.717, 1.165) is 18.7 Å². The van der Waals surface area contributed by atoms with Gasteiger partial charge < -0.3 is 5.32 Å². The zero-order valence-electron chi connectivity index (χ0n) is 11.8. The largest absolute Gasteiger partial charge is 0.309 e. The smallest absolute Gasteiger partial charge is 0.129 e. The van der Waals surface area contributed by atoms with Crippen molar-refractivity contribution in [1.82, 2.24) is 5.32 Å². The lowest BCUT2D eigenvalue weighted by Gasteiger charge is -2.09. The highest BCUT2D eigenvalue weighted by Gasteiger charge is 2.03. The molecule has 0 unspecified atom stereocenters. The van der Waals surface area contributed by atoms with E-state index in [4.69, 9.17) is 0 Å². The molecule has 2 heteroatoms. The van der Waals surface area contributed by atoms with Crippen LogP contribution in [0.1, 0.15) is 27.8 Å². The van der Waals surface area contributed by atoms with E-state index in [1.807, 2.05) is 26.0 Å². The molecular weight excluding hydrogens is 237 g/mol. The SMILES string of the molecule is Cc1ccc(CNCc2cc(C)c(F)c(C)c2)cc1. The molecule has 0 aliphatic carbocycles. The summed E-state index contributed by atoms with van der Waals surface area (Å²) in [5.41, 5.74) is 5.09. The standard InChI is InChI=1S/C17H20FN/c1-12-4-6-15(7-5-12)10-19-11-16-8-13(2)17(18)14(3)9-16/h4-9,19H,10-11H2,1-3H3. The van der Waals surface area contributed by atoms with E-state index in [2.05, 4.69) is 36.5 Å². The summed E-state index contributed by atoms with van der Waals surface area (Å²) >= 11 is 0. The van der Waals surface area contributed by atoms with Crippen molar-refractivity contribution in [2.45, 2.75) is 33.9 Å². The second-order valence-corrected chi connectivity index (χ2v) is 5.13. The molecule has 100 valence electrons. The first kappa shape index (κ1) is 13.8. The maximum atomic E-state index is 13.5. The van der Waals surface area contributed by atoms with Gasteiger partial charge in [0.1, 0.15) is 5.82 Å². The second-order valence-electron chi connectivity index (χ2n) is 5.13. The molecule has 0 aliphatic heterocycles. The third-order valence-electron chi connectivity index (χ3n) is 3.28. The monoisotopic (exact) mass is 257 g/mol. The predicted octanol–water partition coefficient (Wildman–Crippen LogP) is 4.04. The molecule has 0 aromatic heterocycles. The number of hydrogen-bond acceptors (Lipinski definition) is 1. The molecule has 0 saturated heterocycles. The maximum absolute atomic E-state index is 13.5. The fourth-order valence-corrected chi connectivity index (χ4v) is 2.19. The third-order valence-corrected chi connectivity index (χ3v) is 3.28. The van der Waals surface area contributed by atoms with Crippen molar-refractivity contribution < 1.29 is 4.39 Å². The van der Waals surface area contributed by atoms with Crippen LogP contribution in [-0.2, 0) is 13.1 Å². The molecule has 19 heavy (non-hydrogen) atoms. The highest BCUT2D eigenvalue weighted by Crippen LogP contribution is 2.14. The van der Waals surface area contributed by atoms with Crippen LogP contribution in [0.4, 0.5) is 4.39 Å². The fourth-order valence-electron chi connectivity index (χ4n) is 2.19. The van der Waals surface area contributed by atoms with Crippen LogP contribution in [0.2, 0.25) is 0 Å². The first-order chi connectivity index (χ1) is 9.06. The maximum Gasteiger partial charge on any atom is 0.129 e. The molecule has 2 rings (SSSR count). The number of hydrogen-bond donors (Lipinski definition) is 1. The summed E-state index contributed by atoms with van der Waals surface area (Å²) in [6, 6.07) is 12.3. The Bertz CT molecular complexity index is 535. The quantitative estimate of drug-likeness (QED) is 0.871. The lowest BCUT2D eigenvalue weighted by molar-refractivity contribution is 0.606. The van der Waals surface area contributed by atoms with Gasteiger partial charge in [-0.2, -0.15) is 0 Å². The van der Waals surface area contributed by atoms with Crippen molar-refractivity contribution in [2.24, 2.45) is 0 Å². The van der Waals surface area contributed by atoms with Gasteiger partial charge in [-0.15, -0.1) is 0 Å². The Labute approximate surface area is 114 Å². The van der Waals surface area contributed by atoms with Gasteiger partial charge in [-0.25, -0.2) is 4.39 Å². The summed E-state index contributed by atoms with van der Waals surface area (Å²) in [5, 5.41) is 3.39. The lowest BCUT2D eigenvalue weighted by Crippen LogP contribution is -2.13. The number of benzene rings is 2. The molecule has 2 aromatic carbocycles. The highest BCUT2D eigenvalue weighted by molar-refractivity contribution is 5.30. The minimum absolute atomic E-state index is 0.0951. The van der Waals surface area contributed by atoms with Crippen LogP contribution in [0.5, 0.6) is 0 Å². The Hall–Kier alpha value is -1.67. The topological polar surface area (TPSA) is 12.0 Å². The Morgan fingerprint density at radius 3 is 1.95 bits per heavy atom. The summed E-state index contributed by atoms with van der Waals surface area (Å²) in [4.78, 5) is 0. The van der Waals surface area contributed by atoms with Crippen LogP contribution in [0, 0.1) is 26.6 Å². The Kier molecular flexibility index (Phi) is 4.33. The molecule has 0 radical (unpaired) electrons. The van der Waals surface area contributed by atoms with E-state index < -0.39 is 0 Å². The molecule has 1 nitrogen and oxygen atoms in total. The molecule has 2 aromatic rings. The van der Waals surface area contributed by atoms with Crippen molar-refractivity contribution in [3.05, 3.63) is 70.0 Å². The predicted molar refractivity (Wildman–Crippen MR) is 77.6 cm³/mol. The summed E-state index contributed by atoms with van der Waals surface area (Å²) in [5.74, 6) is -0.0951. The zero-order valence-corrected chi connectivity index (χ0v) is 11.8. The van der Waals surface area contributed by atoms with E-state index in [0.29, 0.717) is 11.1 Å². The van der Waals surface area contributed by atoms with Crippen molar-refractivity contribution in [3.8, 4) is 0 Å². The summed E-state index contributed by atoms with van der Waals surface area (Å²) in [7, 11) is 0. The van der Waals surface area contributed by atoms with E-state index in [9.17, 15) is 4.39 Å². The Morgan fingerprint density at radius 2 is 1.37 bits per heavy atom. The molecule has 0 spiro atoms. The first-order valence-electron chi connectivity index (χ1n) is 6.58. The highest BCUT2D eigenvalue weighted by atomic mass is 19.1. The molecule has 0 atom stereocenters. The molecular formula is C17H20FN. The molecule has 1 N–H and O–H groups in total. The Balaban J connectivity index is 1.94. The van der Waals surface area contributed by atoms with Crippen LogP contribution in [0.25, 0.3) is 0 Å². The van der Waals surface area contributed by atoms with Gasteiger partial charge in [0.2, 0.25) is 0 Å². The molecule has 0 bridgehead atoms. The van der Waals surface area contributed by atoms with Crippen LogP contribution in [0.15, 0.2) is 36.4 Å². The summed E-state index contributed by atoms with van der Waals surface area (Å²) in [6.07, 6.45) is 0. The van der Waals surface area contributed by atoms with Gasteiger partial charge in [-0.3, -0.25) is 0 Å². The van der Waals surface area contributed by atoms with E-state index in [1.165, 1.54) is 11.1 Å². The average molecular weight is 257 g/mol. The van der Waals surface area contributed by atoms with Gasteiger partial charge in [0.15, 0.2) is 0 Å². The van der Waals surface area contributed by atoms with Crippen LogP contribution >= 0.6 is 0 Å². The van der Waals surface area contributed by atoms with Crippen molar-refractivity contribution >= 4 is 0 Å². The van der Waals surface area contributed by atoms with Gasteiger partial charge in [-0.1, -0.05) is 42.0 Å². The normalized spacial score (nSPS) is 10.7. The van der Waals surface area contributed by atoms with Gasteiger partial charge in [0, 0.05) is 13.1 Å². The zero-order chi connectivity index (χ0) is 13.8. The van der Waals surface area contributed by atoms with Gasteiger partial charge >= 0.3 is 0 Å². The average Bonchev–Trinajstić information content (AvgIpc) is 2.38. The molecule has 0 aliphatic rings. The van der Waals surface area contributed by atoms with Crippen molar-refractivity contribution in [1.29, 1.82) is 0 Å². The van der Waals surface area contributed by atoms with Crippen molar-refractivity contribution in [3.63, 3.8) is 0 Å². The van der Waals surface area contributed by atoms with Gasteiger partial charge in [0.25, 0.3) is 0 Å². The molecule has 0 amide bonds. The summed E-state index contributed by atoms with van der Waals surface area (Å²) in [6.45, 7) is 7.30. The van der Waals surface area contributed by atoms with Crippen molar-refractivity contribution in [2.75, 3.05) is 0 Å². The second kappa shape index (κ2) is 5.98. The van der Waals surface area contributed by atoms with E-state index in [1.54, 1.807) is 0 Å². The lowest BCUT2D eigenvalue weighted by atomic mass is 10.1. The van der Waals surface area contributed by atoms with Crippen LogP contribution in [-0.4, -0.2) is 0 Å².